The Bertz CT molecular complexity index is 314. The molecule has 0 atom stereocenters. The molecule has 0 unspecified atom stereocenters. The number of nitro groups is 1. The maximum absolute atomic E-state index is 10.6. The summed E-state index contributed by atoms with van der Waals surface area (Å²) >= 11 is 0. The molecule has 70 valence electrons. The highest BCUT2D eigenvalue weighted by Gasteiger charge is 2.14. The van der Waals surface area contributed by atoms with Gasteiger partial charge in [-0.25, -0.2) is 5.84 Å². The van der Waals surface area contributed by atoms with Gasteiger partial charge in [0.2, 0.25) is 0 Å². The minimum Gasteiger partial charge on any atom is -0.305 e. The Labute approximate surface area is 75.9 Å². The summed E-state index contributed by atoms with van der Waals surface area (Å²) in [6.45, 7) is 2.36. The zero-order valence-corrected chi connectivity index (χ0v) is 7.30. The molecule has 0 bridgehead atoms. The predicted molar refractivity (Wildman–Crippen MR) is 50.3 cm³/mol. The van der Waals surface area contributed by atoms with Crippen molar-refractivity contribution in [1.29, 1.82) is 0 Å². The van der Waals surface area contributed by atoms with Gasteiger partial charge in [0.1, 0.15) is 5.69 Å². The van der Waals surface area contributed by atoms with Crippen molar-refractivity contribution in [3.8, 4) is 0 Å². The number of rotatable bonds is 3. The van der Waals surface area contributed by atoms with E-state index in [0.29, 0.717) is 12.2 Å². The lowest BCUT2D eigenvalue weighted by molar-refractivity contribution is -0.384. The van der Waals surface area contributed by atoms with Crippen LogP contribution < -0.4 is 10.9 Å². The fourth-order valence-corrected chi connectivity index (χ4v) is 1.03. The topological polar surface area (TPSA) is 72.4 Å². The monoisotopic (exact) mass is 181 g/mol. The molecule has 0 heterocycles. The van der Waals surface area contributed by atoms with Crippen molar-refractivity contribution in [3.05, 3.63) is 34.4 Å². The summed E-state index contributed by atoms with van der Waals surface area (Å²) in [5.41, 5.74) is 0.474. The van der Waals surface area contributed by atoms with Gasteiger partial charge in [0.25, 0.3) is 5.69 Å². The Hall–Kier alpha value is -1.62. The van der Waals surface area contributed by atoms with Crippen molar-refractivity contribution in [3.63, 3.8) is 0 Å². The quantitative estimate of drug-likeness (QED) is 0.433. The Morgan fingerprint density at radius 3 is 2.69 bits per heavy atom. The number of nitro benzene ring substituents is 1. The molecule has 0 saturated carbocycles. The molecule has 0 amide bonds. The van der Waals surface area contributed by atoms with Crippen LogP contribution >= 0.6 is 0 Å². The number of hydrogen-bond acceptors (Lipinski definition) is 4. The van der Waals surface area contributed by atoms with Gasteiger partial charge in [-0.05, 0) is 13.0 Å². The average molecular weight is 181 g/mol. The van der Waals surface area contributed by atoms with E-state index in [1.807, 2.05) is 6.92 Å². The van der Waals surface area contributed by atoms with Crippen molar-refractivity contribution in [2.24, 2.45) is 5.84 Å². The van der Waals surface area contributed by atoms with Gasteiger partial charge >= 0.3 is 0 Å². The third-order valence-electron chi connectivity index (χ3n) is 1.73. The summed E-state index contributed by atoms with van der Waals surface area (Å²) in [4.78, 5) is 10.1. The molecule has 1 rings (SSSR count). The Morgan fingerprint density at radius 1 is 1.54 bits per heavy atom. The molecule has 0 aliphatic rings. The van der Waals surface area contributed by atoms with Crippen molar-refractivity contribution < 1.29 is 4.92 Å². The highest BCUT2D eigenvalue weighted by molar-refractivity contribution is 5.61. The molecule has 2 N–H and O–H groups in total. The Balaban J connectivity index is 3.11. The second-order valence-electron chi connectivity index (χ2n) is 2.53. The second-order valence-corrected chi connectivity index (χ2v) is 2.53. The summed E-state index contributed by atoms with van der Waals surface area (Å²) in [5.74, 6) is 5.56. The van der Waals surface area contributed by atoms with Crippen LogP contribution in [0.4, 0.5) is 11.4 Å². The zero-order valence-electron chi connectivity index (χ0n) is 7.30. The van der Waals surface area contributed by atoms with Gasteiger partial charge in [0.05, 0.1) is 4.92 Å². The molecule has 0 saturated heterocycles. The average Bonchev–Trinajstić information content (AvgIpc) is 2.16. The van der Waals surface area contributed by atoms with E-state index in [4.69, 9.17) is 5.84 Å². The molecule has 1 aromatic carbocycles. The van der Waals surface area contributed by atoms with Crippen LogP contribution in [-0.4, -0.2) is 11.5 Å². The molecule has 0 fully saturated rings. The van der Waals surface area contributed by atoms with Crippen LogP contribution in [-0.2, 0) is 0 Å². The minimum atomic E-state index is -0.440. The number of hydrazine groups is 1. The van der Waals surface area contributed by atoms with Gasteiger partial charge in [0, 0.05) is 12.6 Å². The van der Waals surface area contributed by atoms with Gasteiger partial charge in [0.15, 0.2) is 0 Å². The van der Waals surface area contributed by atoms with E-state index in [-0.39, 0.29) is 5.69 Å². The molecule has 13 heavy (non-hydrogen) atoms. The molecular weight excluding hydrogens is 170 g/mol. The number of benzene rings is 1. The molecule has 0 aromatic heterocycles. The first-order valence-electron chi connectivity index (χ1n) is 3.92. The standard InChI is InChI=1S/C8H11N3O2/c1-2-10(9)7-5-3-4-6-8(7)11(12)13/h3-6H,2,9H2,1H3. The van der Waals surface area contributed by atoms with E-state index in [1.165, 1.54) is 11.1 Å². The summed E-state index contributed by atoms with van der Waals surface area (Å²) in [5, 5.41) is 11.9. The number of hydrogen-bond donors (Lipinski definition) is 1. The lowest BCUT2D eigenvalue weighted by Crippen LogP contribution is -2.30. The van der Waals surface area contributed by atoms with E-state index in [1.54, 1.807) is 18.2 Å². The molecule has 1 aromatic rings. The molecule has 0 aliphatic heterocycles. The molecule has 5 nitrogen and oxygen atoms in total. The fraction of sp³-hybridized carbons (Fsp3) is 0.250. The summed E-state index contributed by atoms with van der Waals surface area (Å²) < 4.78 is 0. The molecule has 0 radical (unpaired) electrons. The van der Waals surface area contributed by atoms with Crippen LogP contribution in [0.3, 0.4) is 0 Å². The third-order valence-corrected chi connectivity index (χ3v) is 1.73. The lowest BCUT2D eigenvalue weighted by Gasteiger charge is -2.15. The van der Waals surface area contributed by atoms with Crippen LogP contribution in [0.2, 0.25) is 0 Å². The van der Waals surface area contributed by atoms with E-state index >= 15 is 0 Å². The highest BCUT2D eigenvalue weighted by Crippen LogP contribution is 2.24. The van der Waals surface area contributed by atoms with Gasteiger partial charge in [-0.15, -0.1) is 0 Å². The first-order valence-corrected chi connectivity index (χ1v) is 3.92. The van der Waals surface area contributed by atoms with Gasteiger partial charge in [-0.2, -0.15) is 0 Å². The number of nitrogens with zero attached hydrogens (tertiary/aromatic N) is 2. The smallest absolute Gasteiger partial charge is 0.293 e. The summed E-state index contributed by atoms with van der Waals surface area (Å²) in [6.07, 6.45) is 0. The van der Waals surface area contributed by atoms with Crippen LogP contribution in [0.25, 0.3) is 0 Å². The number of nitrogens with two attached hydrogens (primary N) is 1. The molecular formula is C8H11N3O2. The van der Waals surface area contributed by atoms with E-state index in [9.17, 15) is 10.1 Å². The molecule has 0 spiro atoms. The van der Waals surface area contributed by atoms with Crippen LogP contribution in [0, 0.1) is 10.1 Å². The largest absolute Gasteiger partial charge is 0.305 e. The minimum absolute atomic E-state index is 0.0341. The third kappa shape index (κ3) is 1.94. The molecule has 0 aliphatic carbocycles. The first kappa shape index (κ1) is 9.47. The maximum Gasteiger partial charge on any atom is 0.293 e. The number of para-hydroxylation sites is 2. The van der Waals surface area contributed by atoms with Crippen molar-refractivity contribution >= 4 is 11.4 Å². The maximum atomic E-state index is 10.6. The van der Waals surface area contributed by atoms with Gasteiger partial charge in [-0.1, -0.05) is 12.1 Å². The second kappa shape index (κ2) is 3.86. The van der Waals surface area contributed by atoms with Crippen LogP contribution in [0.15, 0.2) is 24.3 Å². The van der Waals surface area contributed by atoms with Crippen LogP contribution in [0.5, 0.6) is 0 Å². The van der Waals surface area contributed by atoms with Gasteiger partial charge < -0.3 is 5.01 Å². The highest BCUT2D eigenvalue weighted by atomic mass is 16.6. The SMILES string of the molecule is CCN(N)c1ccccc1[N+](=O)[O-]. The Morgan fingerprint density at radius 2 is 2.15 bits per heavy atom. The normalized spacial score (nSPS) is 9.69. The van der Waals surface area contributed by atoms with Crippen LogP contribution in [0.1, 0.15) is 6.92 Å². The number of anilines is 1. The first-order chi connectivity index (χ1) is 6.16. The predicted octanol–water partition coefficient (Wildman–Crippen LogP) is 1.29. The molecule has 5 heteroatoms. The summed E-state index contributed by atoms with van der Waals surface area (Å²) in [6, 6.07) is 6.40. The zero-order chi connectivity index (χ0) is 9.84. The van der Waals surface area contributed by atoms with E-state index in [2.05, 4.69) is 0 Å². The van der Waals surface area contributed by atoms with Crippen molar-refractivity contribution in [2.75, 3.05) is 11.6 Å². The van der Waals surface area contributed by atoms with Gasteiger partial charge in [-0.3, -0.25) is 10.1 Å². The fourth-order valence-electron chi connectivity index (χ4n) is 1.03. The van der Waals surface area contributed by atoms with E-state index < -0.39 is 4.92 Å². The Kier molecular flexibility index (Phi) is 2.81. The van der Waals surface area contributed by atoms with Crippen molar-refractivity contribution in [2.45, 2.75) is 6.92 Å². The van der Waals surface area contributed by atoms with E-state index in [0.717, 1.165) is 0 Å². The summed E-state index contributed by atoms with van der Waals surface area (Å²) in [7, 11) is 0. The lowest BCUT2D eigenvalue weighted by atomic mass is 10.2. The van der Waals surface area contributed by atoms with Crippen molar-refractivity contribution in [1.82, 2.24) is 0 Å².